The van der Waals surface area contributed by atoms with Crippen LogP contribution in [-0.2, 0) is 9.84 Å². The van der Waals surface area contributed by atoms with Gasteiger partial charge in [0.15, 0.2) is 21.5 Å². The number of nitrogens with one attached hydrogen (secondary N) is 1. The average Bonchev–Trinajstić information content (AvgIpc) is 3.19. The molecule has 1 aromatic carbocycles. The van der Waals surface area contributed by atoms with Gasteiger partial charge in [-0.15, -0.1) is 18.3 Å². The molecule has 15 heteroatoms. The zero-order valence-electron chi connectivity index (χ0n) is 19.1. The molecule has 3 aromatic rings. The maximum absolute atomic E-state index is 13.0. The number of hydrogen-bond acceptors (Lipinski definition) is 9. The number of alkyl halides is 3. The van der Waals surface area contributed by atoms with Crippen molar-refractivity contribution in [2.45, 2.75) is 43.3 Å². The van der Waals surface area contributed by atoms with Gasteiger partial charge in [-0.25, -0.2) is 13.4 Å². The molecule has 3 rings (SSSR count). The van der Waals surface area contributed by atoms with E-state index >= 15 is 0 Å². The number of halogens is 3. The lowest BCUT2D eigenvalue weighted by Gasteiger charge is -2.17. The fourth-order valence-corrected chi connectivity index (χ4v) is 4.16. The number of ether oxygens (including phenoxy) is 1. The first-order valence-corrected chi connectivity index (χ1v) is 11.8. The number of carbonyl (C=O) groups excluding carboxylic acids is 1. The molecule has 0 saturated heterocycles. The molecule has 1 atom stereocenters. The van der Waals surface area contributed by atoms with E-state index < -0.39 is 49.6 Å². The number of pyridine rings is 1. The normalized spacial score (nSPS) is 12.7. The topological polar surface area (TPSA) is 166 Å². The molecule has 0 radical (unpaired) electrons. The van der Waals surface area contributed by atoms with E-state index in [9.17, 15) is 26.4 Å². The van der Waals surface area contributed by atoms with Gasteiger partial charge in [0, 0.05) is 11.8 Å². The summed E-state index contributed by atoms with van der Waals surface area (Å²) < 4.78 is 68.7. The molecule has 36 heavy (non-hydrogen) atoms. The van der Waals surface area contributed by atoms with Crippen molar-refractivity contribution < 1.29 is 31.1 Å². The fourth-order valence-electron chi connectivity index (χ4n) is 3.04. The lowest BCUT2D eigenvalue weighted by molar-refractivity contribution is -0.274. The first-order chi connectivity index (χ1) is 16.7. The highest BCUT2D eigenvalue weighted by atomic mass is 32.2. The van der Waals surface area contributed by atoms with Crippen LogP contribution in [0.5, 0.6) is 5.75 Å². The summed E-state index contributed by atoms with van der Waals surface area (Å²) in [6.45, 7) is 4.20. The van der Waals surface area contributed by atoms with Crippen molar-refractivity contribution in [1.82, 2.24) is 25.1 Å². The molecule has 0 saturated carbocycles. The van der Waals surface area contributed by atoms with Crippen LogP contribution in [0.4, 0.5) is 19.1 Å². The van der Waals surface area contributed by atoms with Gasteiger partial charge in [0.05, 0.1) is 21.8 Å². The standard InChI is InChI=1S/C21H20F3N7O4S/c1-11(2)36(33,34)16-7-14(6-15(8-16)35-21(22,23)24)19(32)28-12(3)18-29-20(26)30-31(18)17-5-4-13(9-25)10-27-17/h4-8,10-12H,1-3H3,(H2,26,30)(H,28,32)/t12-/m0/s1. The van der Waals surface area contributed by atoms with Gasteiger partial charge in [0.1, 0.15) is 11.8 Å². The summed E-state index contributed by atoms with van der Waals surface area (Å²) in [5, 5.41) is 14.5. The molecule has 11 nitrogen and oxygen atoms in total. The van der Waals surface area contributed by atoms with E-state index in [1.807, 2.05) is 6.07 Å². The maximum Gasteiger partial charge on any atom is 0.573 e. The summed E-state index contributed by atoms with van der Waals surface area (Å²) >= 11 is 0. The van der Waals surface area contributed by atoms with Crippen LogP contribution in [-0.4, -0.2) is 45.7 Å². The fraction of sp³-hybridized carbons (Fsp3) is 0.286. The van der Waals surface area contributed by atoms with Crippen molar-refractivity contribution >= 4 is 21.7 Å². The molecule has 0 aliphatic carbocycles. The number of nitrogen functional groups attached to an aromatic ring is 1. The van der Waals surface area contributed by atoms with Gasteiger partial charge in [-0.1, -0.05) is 0 Å². The molecule has 1 amide bonds. The predicted octanol–water partition coefficient (Wildman–Crippen LogP) is 2.69. The van der Waals surface area contributed by atoms with E-state index in [1.54, 1.807) is 0 Å². The molecule has 0 unspecified atom stereocenters. The summed E-state index contributed by atoms with van der Waals surface area (Å²) in [5.74, 6) is -1.56. The number of rotatable bonds is 7. The summed E-state index contributed by atoms with van der Waals surface area (Å²) in [6.07, 6.45) is -3.81. The van der Waals surface area contributed by atoms with E-state index in [2.05, 4.69) is 25.1 Å². The quantitative estimate of drug-likeness (QED) is 0.473. The highest BCUT2D eigenvalue weighted by Crippen LogP contribution is 2.29. The van der Waals surface area contributed by atoms with E-state index in [0.29, 0.717) is 11.6 Å². The van der Waals surface area contributed by atoms with Crippen molar-refractivity contribution in [2.24, 2.45) is 0 Å². The van der Waals surface area contributed by atoms with Gasteiger partial charge in [-0.2, -0.15) is 14.9 Å². The van der Waals surface area contributed by atoms with Crippen LogP contribution in [0.2, 0.25) is 0 Å². The third-order valence-electron chi connectivity index (χ3n) is 4.80. The van der Waals surface area contributed by atoms with E-state index in [-0.39, 0.29) is 17.6 Å². The monoisotopic (exact) mass is 523 g/mol. The van der Waals surface area contributed by atoms with Crippen LogP contribution < -0.4 is 15.8 Å². The highest BCUT2D eigenvalue weighted by Gasteiger charge is 2.33. The number of amides is 1. The van der Waals surface area contributed by atoms with Gasteiger partial charge in [-0.05, 0) is 51.1 Å². The minimum absolute atomic E-state index is 0.121. The summed E-state index contributed by atoms with van der Waals surface area (Å²) in [6, 6.07) is 6.41. The van der Waals surface area contributed by atoms with Crippen LogP contribution in [0.15, 0.2) is 41.4 Å². The number of nitrogens with two attached hydrogens (primary N) is 1. The van der Waals surface area contributed by atoms with Crippen LogP contribution >= 0.6 is 0 Å². The third-order valence-corrected chi connectivity index (χ3v) is 6.94. The van der Waals surface area contributed by atoms with Crippen molar-refractivity contribution in [3.63, 3.8) is 0 Å². The molecule has 0 bridgehead atoms. The zero-order valence-corrected chi connectivity index (χ0v) is 19.9. The number of aromatic nitrogens is 4. The molecule has 0 aliphatic rings. The van der Waals surface area contributed by atoms with E-state index in [0.717, 1.165) is 12.1 Å². The summed E-state index contributed by atoms with van der Waals surface area (Å²) in [7, 11) is -4.04. The minimum atomic E-state index is -5.11. The van der Waals surface area contributed by atoms with Crippen LogP contribution in [0.3, 0.4) is 0 Å². The Bertz CT molecular complexity index is 1430. The number of nitriles is 1. The van der Waals surface area contributed by atoms with Crippen molar-refractivity contribution in [1.29, 1.82) is 5.26 Å². The molecule has 0 fully saturated rings. The number of benzene rings is 1. The molecule has 190 valence electrons. The Balaban J connectivity index is 1.96. The Morgan fingerprint density at radius 1 is 1.22 bits per heavy atom. The van der Waals surface area contributed by atoms with Gasteiger partial charge in [-0.3, -0.25) is 4.79 Å². The van der Waals surface area contributed by atoms with Gasteiger partial charge < -0.3 is 15.8 Å². The number of sulfone groups is 1. The first-order valence-electron chi connectivity index (χ1n) is 10.3. The molecule has 0 spiro atoms. The van der Waals surface area contributed by atoms with Gasteiger partial charge in [0.25, 0.3) is 5.91 Å². The first kappa shape index (κ1) is 26.4. The summed E-state index contributed by atoms with van der Waals surface area (Å²) in [5.41, 5.74) is 5.61. The molecule has 2 heterocycles. The Morgan fingerprint density at radius 3 is 2.47 bits per heavy atom. The Morgan fingerprint density at radius 2 is 1.92 bits per heavy atom. The predicted molar refractivity (Wildman–Crippen MR) is 120 cm³/mol. The van der Waals surface area contributed by atoms with Crippen molar-refractivity contribution in [3.8, 4) is 17.6 Å². The molecule has 3 N–H and O–H groups in total. The average molecular weight is 523 g/mol. The second kappa shape index (κ2) is 9.82. The molecular weight excluding hydrogens is 503 g/mol. The second-order valence-electron chi connectivity index (χ2n) is 7.79. The smallest absolute Gasteiger partial charge is 0.406 e. The van der Waals surface area contributed by atoms with E-state index in [1.165, 1.54) is 43.8 Å². The highest BCUT2D eigenvalue weighted by molar-refractivity contribution is 7.92. The van der Waals surface area contributed by atoms with Crippen LogP contribution in [0.25, 0.3) is 5.82 Å². The maximum atomic E-state index is 13.0. The zero-order chi connectivity index (χ0) is 26.8. The number of nitrogens with zero attached hydrogens (tertiary/aromatic N) is 5. The number of carbonyl (C=O) groups is 1. The molecule has 2 aromatic heterocycles. The second-order valence-corrected chi connectivity index (χ2v) is 10.3. The van der Waals surface area contributed by atoms with E-state index in [4.69, 9.17) is 11.0 Å². The lowest BCUT2D eigenvalue weighted by atomic mass is 10.2. The summed E-state index contributed by atoms with van der Waals surface area (Å²) in [4.78, 5) is 20.6. The Hall–Kier alpha value is -4.19. The Labute approximate surface area is 203 Å². The van der Waals surface area contributed by atoms with Gasteiger partial charge in [0.2, 0.25) is 5.95 Å². The van der Waals surface area contributed by atoms with Crippen LogP contribution in [0, 0.1) is 11.3 Å². The SMILES string of the molecule is CC(C)S(=O)(=O)c1cc(OC(F)(F)F)cc(C(=O)N[C@@H](C)c2nc(N)nn2-c2ccc(C#N)cn2)c1. The third kappa shape index (κ3) is 5.89. The Kier molecular flexibility index (Phi) is 7.20. The van der Waals surface area contributed by atoms with Crippen molar-refractivity contribution in [2.75, 3.05) is 5.73 Å². The van der Waals surface area contributed by atoms with Crippen molar-refractivity contribution in [3.05, 3.63) is 53.5 Å². The van der Waals surface area contributed by atoms with Crippen LogP contribution in [0.1, 0.15) is 48.6 Å². The molecular formula is C21H20F3N7O4S. The number of anilines is 1. The number of hydrogen-bond donors (Lipinski definition) is 2. The van der Waals surface area contributed by atoms with Gasteiger partial charge >= 0.3 is 6.36 Å². The molecule has 0 aliphatic heterocycles. The largest absolute Gasteiger partial charge is 0.573 e. The minimum Gasteiger partial charge on any atom is -0.406 e. The lowest BCUT2D eigenvalue weighted by Crippen LogP contribution is -2.29.